The van der Waals surface area contributed by atoms with Crippen LogP contribution in [0.3, 0.4) is 0 Å². The van der Waals surface area contributed by atoms with E-state index in [4.69, 9.17) is 0 Å². The van der Waals surface area contributed by atoms with E-state index in [0.717, 1.165) is 13.0 Å². The molecular formula is C56H95N2+. The highest BCUT2D eigenvalue weighted by atomic mass is 15.1. The zero-order chi connectivity index (χ0) is 41.0. The predicted octanol–water partition coefficient (Wildman–Crippen LogP) is 17.9. The molecule has 0 amide bonds. The lowest BCUT2D eigenvalue weighted by atomic mass is 9.66. The SMILES string of the molecule is CCCCCCCCCCCCCCCCCCCC(c1[nH]cc[n+]1CCCCCCCCCCCCCCCCCC)C(C)(Cc1ccccc1)c1ccccc1. The molecule has 0 aliphatic heterocycles. The second-order valence-electron chi connectivity index (χ2n) is 18.8. The number of imidazole rings is 1. The van der Waals surface area contributed by atoms with E-state index >= 15 is 0 Å². The van der Waals surface area contributed by atoms with E-state index in [2.05, 4.69) is 103 Å². The molecule has 2 atom stereocenters. The first-order valence-electron chi connectivity index (χ1n) is 25.8. The minimum absolute atomic E-state index is 0.00109. The molecule has 0 bridgehead atoms. The minimum Gasteiger partial charge on any atom is -0.247 e. The second-order valence-corrected chi connectivity index (χ2v) is 18.8. The monoisotopic (exact) mass is 796 g/mol. The molecule has 1 aromatic heterocycles. The summed E-state index contributed by atoms with van der Waals surface area (Å²) in [4.78, 5) is 3.84. The van der Waals surface area contributed by atoms with Crippen molar-refractivity contribution in [2.24, 2.45) is 0 Å². The van der Waals surface area contributed by atoms with Crippen LogP contribution in [0.2, 0.25) is 0 Å². The maximum Gasteiger partial charge on any atom is 0.258 e. The van der Waals surface area contributed by atoms with Gasteiger partial charge in [-0.3, -0.25) is 0 Å². The Balaban J connectivity index is 1.43. The van der Waals surface area contributed by atoms with E-state index in [-0.39, 0.29) is 5.41 Å². The van der Waals surface area contributed by atoms with Crippen molar-refractivity contribution in [1.29, 1.82) is 0 Å². The normalized spacial score (nSPS) is 13.2. The third-order valence-corrected chi connectivity index (χ3v) is 13.6. The number of nitrogens with zero attached hydrogens (tertiary/aromatic N) is 1. The van der Waals surface area contributed by atoms with Crippen LogP contribution in [0.25, 0.3) is 0 Å². The number of aryl methyl sites for hydroxylation is 1. The average molecular weight is 796 g/mol. The van der Waals surface area contributed by atoms with Crippen molar-refractivity contribution >= 4 is 0 Å². The first-order valence-corrected chi connectivity index (χ1v) is 25.8. The molecular weight excluding hydrogens is 701 g/mol. The van der Waals surface area contributed by atoms with Crippen molar-refractivity contribution in [2.45, 2.75) is 263 Å². The molecule has 2 aromatic carbocycles. The average Bonchev–Trinajstić information content (AvgIpc) is 3.71. The Bertz CT molecular complexity index is 1300. The van der Waals surface area contributed by atoms with Gasteiger partial charge < -0.3 is 0 Å². The van der Waals surface area contributed by atoms with Crippen LogP contribution >= 0.6 is 0 Å². The predicted molar refractivity (Wildman–Crippen MR) is 256 cm³/mol. The van der Waals surface area contributed by atoms with Gasteiger partial charge in [-0.15, -0.1) is 0 Å². The number of aromatic nitrogens is 2. The second kappa shape index (κ2) is 34.4. The fourth-order valence-corrected chi connectivity index (χ4v) is 9.80. The Morgan fingerprint density at radius 2 is 0.810 bits per heavy atom. The summed E-state index contributed by atoms with van der Waals surface area (Å²) in [5.41, 5.74) is 2.91. The van der Waals surface area contributed by atoms with Crippen LogP contribution < -0.4 is 4.57 Å². The number of benzene rings is 2. The van der Waals surface area contributed by atoms with Crippen molar-refractivity contribution in [3.8, 4) is 0 Å². The molecule has 2 nitrogen and oxygen atoms in total. The number of rotatable bonds is 40. The molecule has 0 fully saturated rings. The summed E-state index contributed by atoms with van der Waals surface area (Å²) in [5, 5.41) is 0. The van der Waals surface area contributed by atoms with Gasteiger partial charge in [0.15, 0.2) is 0 Å². The van der Waals surface area contributed by atoms with Crippen LogP contribution in [0, 0.1) is 0 Å². The lowest BCUT2D eigenvalue weighted by molar-refractivity contribution is -0.705. The highest BCUT2D eigenvalue weighted by Crippen LogP contribution is 2.43. The molecule has 2 unspecified atom stereocenters. The van der Waals surface area contributed by atoms with Gasteiger partial charge in [-0.1, -0.05) is 280 Å². The Labute approximate surface area is 361 Å². The van der Waals surface area contributed by atoms with Gasteiger partial charge in [-0.2, -0.15) is 0 Å². The first kappa shape index (κ1) is 50.0. The van der Waals surface area contributed by atoms with E-state index < -0.39 is 0 Å². The minimum atomic E-state index is -0.00109. The maximum atomic E-state index is 3.84. The number of unbranched alkanes of at least 4 members (excludes halogenated alkanes) is 31. The van der Waals surface area contributed by atoms with Gasteiger partial charge in [0.1, 0.15) is 12.4 Å². The molecule has 58 heavy (non-hydrogen) atoms. The van der Waals surface area contributed by atoms with Crippen LogP contribution in [0.1, 0.15) is 262 Å². The van der Waals surface area contributed by atoms with E-state index in [9.17, 15) is 0 Å². The van der Waals surface area contributed by atoms with Crippen LogP contribution in [0.15, 0.2) is 73.1 Å². The molecule has 3 aromatic rings. The van der Waals surface area contributed by atoms with Gasteiger partial charge in [0.2, 0.25) is 0 Å². The summed E-state index contributed by atoms with van der Waals surface area (Å²) in [6, 6.07) is 22.8. The van der Waals surface area contributed by atoms with Crippen molar-refractivity contribution in [2.75, 3.05) is 0 Å². The Kier molecular flexibility index (Phi) is 29.6. The fraction of sp³-hybridized carbons (Fsp3) is 0.732. The number of H-pyrrole nitrogens is 1. The number of hydrogen-bond acceptors (Lipinski definition) is 0. The molecule has 2 heteroatoms. The lowest BCUT2D eigenvalue weighted by Crippen LogP contribution is -2.43. The van der Waals surface area contributed by atoms with Crippen LogP contribution in [0.4, 0.5) is 0 Å². The van der Waals surface area contributed by atoms with Crippen molar-refractivity contribution < 1.29 is 4.57 Å². The third-order valence-electron chi connectivity index (χ3n) is 13.6. The van der Waals surface area contributed by atoms with Crippen LogP contribution in [-0.2, 0) is 18.4 Å². The lowest BCUT2D eigenvalue weighted by Gasteiger charge is -2.37. The van der Waals surface area contributed by atoms with Gasteiger partial charge in [0, 0.05) is 5.41 Å². The van der Waals surface area contributed by atoms with E-state index in [1.807, 2.05) is 0 Å². The smallest absolute Gasteiger partial charge is 0.247 e. The molecule has 1 heterocycles. The summed E-state index contributed by atoms with van der Waals surface area (Å²) >= 11 is 0. The zero-order valence-corrected chi connectivity index (χ0v) is 38.9. The number of hydrogen-bond donors (Lipinski definition) is 1. The van der Waals surface area contributed by atoms with E-state index in [1.54, 1.807) is 0 Å². The molecule has 0 aliphatic rings. The largest absolute Gasteiger partial charge is 0.258 e. The van der Waals surface area contributed by atoms with Gasteiger partial charge in [-0.25, -0.2) is 9.55 Å². The van der Waals surface area contributed by atoms with Crippen molar-refractivity contribution in [1.82, 2.24) is 4.98 Å². The van der Waals surface area contributed by atoms with Crippen molar-refractivity contribution in [3.63, 3.8) is 0 Å². The van der Waals surface area contributed by atoms with Gasteiger partial charge in [0.05, 0.1) is 12.5 Å². The quantitative estimate of drug-likeness (QED) is 0.0437. The molecule has 1 N–H and O–H groups in total. The number of nitrogens with one attached hydrogen (secondary N) is 1. The highest BCUT2D eigenvalue weighted by molar-refractivity contribution is 5.32. The summed E-state index contributed by atoms with van der Waals surface area (Å²) < 4.78 is 2.61. The fourth-order valence-electron chi connectivity index (χ4n) is 9.80. The molecule has 0 saturated heterocycles. The molecule has 3 rings (SSSR count). The summed E-state index contributed by atoms with van der Waals surface area (Å²) in [6.07, 6.45) is 53.8. The summed E-state index contributed by atoms with van der Waals surface area (Å²) in [6.45, 7) is 8.31. The van der Waals surface area contributed by atoms with Crippen LogP contribution in [-0.4, -0.2) is 4.98 Å². The van der Waals surface area contributed by atoms with E-state index in [1.165, 1.54) is 235 Å². The van der Waals surface area contributed by atoms with Crippen molar-refractivity contribution in [3.05, 3.63) is 90.0 Å². The van der Waals surface area contributed by atoms with E-state index in [0.29, 0.717) is 5.92 Å². The zero-order valence-electron chi connectivity index (χ0n) is 38.9. The molecule has 0 saturated carbocycles. The summed E-state index contributed by atoms with van der Waals surface area (Å²) in [5.74, 6) is 1.88. The maximum absolute atomic E-state index is 3.84. The topological polar surface area (TPSA) is 19.7 Å². The van der Waals surface area contributed by atoms with Gasteiger partial charge >= 0.3 is 0 Å². The standard InChI is InChI=1S/C56H94N2/c1-4-6-8-10-12-14-16-18-20-22-23-25-27-29-31-33-41-47-54(56(3,53-45-39-36-40-46-53)51-52-43-37-35-38-44-52)55-57-48-50-58(55)49-42-34-32-30-28-26-24-21-19-17-15-13-11-9-7-5-2/h35-40,43-46,48,50,54H,4-34,41-42,47,49,51H2,1-3H3/p+1. The molecule has 0 spiro atoms. The summed E-state index contributed by atoms with van der Waals surface area (Å²) in [7, 11) is 0. The molecule has 328 valence electrons. The number of aromatic amines is 1. The third kappa shape index (κ3) is 22.3. The first-order chi connectivity index (χ1) is 28.7. The van der Waals surface area contributed by atoms with Gasteiger partial charge in [-0.05, 0) is 36.8 Å². The molecule has 0 radical (unpaired) electrons. The van der Waals surface area contributed by atoms with Crippen LogP contribution in [0.5, 0.6) is 0 Å². The highest BCUT2D eigenvalue weighted by Gasteiger charge is 2.42. The Morgan fingerprint density at radius 3 is 1.22 bits per heavy atom. The molecule has 0 aliphatic carbocycles. The Morgan fingerprint density at radius 1 is 0.448 bits per heavy atom. The Hall–Kier alpha value is -2.35. The van der Waals surface area contributed by atoms with Gasteiger partial charge in [0.25, 0.3) is 5.82 Å².